The number of esters is 1. The molecule has 8 heteroatoms. The zero-order chi connectivity index (χ0) is 20.5. The fraction of sp³-hybridized carbons (Fsp3) is 0.700. The SMILES string of the molecule is CCNC(=NCc1cc(C(=O)OC)c(C)o1)NCC(C(C)C)N1CCOCC1. The topological polar surface area (TPSA) is 88.3 Å². The Morgan fingerprint density at radius 3 is 2.64 bits per heavy atom. The van der Waals surface area contributed by atoms with Crippen molar-refractivity contribution in [1.82, 2.24) is 15.5 Å². The predicted molar refractivity (Wildman–Crippen MR) is 109 cm³/mol. The number of morpholine rings is 1. The minimum Gasteiger partial charge on any atom is -0.465 e. The number of nitrogens with one attached hydrogen (secondary N) is 2. The molecule has 0 saturated carbocycles. The first-order valence-corrected chi connectivity index (χ1v) is 9.97. The van der Waals surface area contributed by atoms with E-state index in [1.807, 2.05) is 6.92 Å². The molecule has 0 radical (unpaired) electrons. The summed E-state index contributed by atoms with van der Waals surface area (Å²) >= 11 is 0. The first kappa shape index (κ1) is 22.2. The third-order valence-electron chi connectivity index (χ3n) is 4.87. The number of guanidine groups is 1. The lowest BCUT2D eigenvalue weighted by Gasteiger charge is -2.37. The van der Waals surface area contributed by atoms with Crippen LogP contribution in [0.1, 0.15) is 42.6 Å². The Labute approximate surface area is 167 Å². The number of aliphatic imine (C=N–C) groups is 1. The molecule has 1 aliphatic rings. The second-order valence-electron chi connectivity index (χ2n) is 7.21. The normalized spacial score (nSPS) is 16.9. The van der Waals surface area contributed by atoms with Gasteiger partial charge < -0.3 is 24.5 Å². The van der Waals surface area contributed by atoms with Gasteiger partial charge in [-0.25, -0.2) is 9.79 Å². The Morgan fingerprint density at radius 2 is 2.04 bits per heavy atom. The largest absolute Gasteiger partial charge is 0.465 e. The smallest absolute Gasteiger partial charge is 0.341 e. The monoisotopic (exact) mass is 394 g/mol. The van der Waals surface area contributed by atoms with Crippen LogP contribution in [0, 0.1) is 12.8 Å². The van der Waals surface area contributed by atoms with E-state index in [4.69, 9.17) is 13.9 Å². The van der Waals surface area contributed by atoms with Gasteiger partial charge in [-0.1, -0.05) is 13.8 Å². The molecule has 2 rings (SSSR count). The van der Waals surface area contributed by atoms with Crippen molar-refractivity contribution >= 4 is 11.9 Å². The van der Waals surface area contributed by atoms with E-state index in [0.717, 1.165) is 45.4 Å². The van der Waals surface area contributed by atoms with Crippen molar-refractivity contribution in [3.8, 4) is 0 Å². The van der Waals surface area contributed by atoms with Crippen LogP contribution < -0.4 is 10.6 Å². The van der Waals surface area contributed by atoms with E-state index in [-0.39, 0.29) is 0 Å². The van der Waals surface area contributed by atoms with Crippen LogP contribution in [0.3, 0.4) is 0 Å². The molecule has 1 saturated heterocycles. The Kier molecular flexibility index (Phi) is 8.79. The maximum absolute atomic E-state index is 11.7. The minimum absolute atomic E-state index is 0.344. The molecule has 1 aromatic rings. The van der Waals surface area contributed by atoms with E-state index in [1.165, 1.54) is 7.11 Å². The molecule has 2 heterocycles. The summed E-state index contributed by atoms with van der Waals surface area (Å²) in [6, 6.07) is 2.10. The Balaban J connectivity index is 2.00. The number of carbonyl (C=O) groups excluding carboxylic acids is 1. The van der Waals surface area contributed by atoms with E-state index >= 15 is 0 Å². The molecular weight excluding hydrogens is 360 g/mol. The number of furan rings is 1. The summed E-state index contributed by atoms with van der Waals surface area (Å²) in [5.74, 6) is 2.02. The van der Waals surface area contributed by atoms with Gasteiger partial charge in [0.15, 0.2) is 5.96 Å². The van der Waals surface area contributed by atoms with E-state index in [9.17, 15) is 4.79 Å². The van der Waals surface area contributed by atoms with Crippen molar-refractivity contribution in [1.29, 1.82) is 0 Å². The fourth-order valence-electron chi connectivity index (χ4n) is 3.33. The summed E-state index contributed by atoms with van der Waals surface area (Å²) in [4.78, 5) is 18.8. The highest BCUT2D eigenvalue weighted by Crippen LogP contribution is 2.16. The minimum atomic E-state index is -0.396. The van der Waals surface area contributed by atoms with Crippen molar-refractivity contribution in [3.05, 3.63) is 23.2 Å². The van der Waals surface area contributed by atoms with Crippen molar-refractivity contribution in [3.63, 3.8) is 0 Å². The lowest BCUT2D eigenvalue weighted by atomic mass is 10.0. The van der Waals surface area contributed by atoms with Crippen molar-refractivity contribution < 1.29 is 18.7 Å². The molecule has 0 aliphatic carbocycles. The van der Waals surface area contributed by atoms with Crippen LogP contribution in [0.4, 0.5) is 0 Å². The maximum Gasteiger partial charge on any atom is 0.341 e. The van der Waals surface area contributed by atoms with Gasteiger partial charge in [0.05, 0.1) is 20.3 Å². The Hall–Kier alpha value is -2.06. The molecule has 158 valence electrons. The molecule has 0 amide bonds. The number of carbonyl (C=O) groups is 1. The van der Waals surface area contributed by atoms with Crippen LogP contribution in [-0.2, 0) is 16.0 Å². The molecule has 0 aromatic carbocycles. The summed E-state index contributed by atoms with van der Waals surface area (Å²) < 4.78 is 15.9. The number of methoxy groups -OCH3 is 1. The number of rotatable bonds is 8. The first-order valence-electron chi connectivity index (χ1n) is 9.97. The van der Waals surface area contributed by atoms with Gasteiger partial charge in [-0.2, -0.15) is 0 Å². The van der Waals surface area contributed by atoms with Gasteiger partial charge >= 0.3 is 5.97 Å². The number of ether oxygens (including phenoxy) is 2. The molecule has 1 fully saturated rings. The third kappa shape index (κ3) is 6.24. The van der Waals surface area contributed by atoms with Gasteiger partial charge in [0.2, 0.25) is 0 Å². The van der Waals surface area contributed by atoms with Gasteiger partial charge in [-0.05, 0) is 25.8 Å². The molecule has 0 spiro atoms. The summed E-state index contributed by atoms with van der Waals surface area (Å²) in [7, 11) is 1.36. The molecule has 2 N–H and O–H groups in total. The van der Waals surface area contributed by atoms with E-state index in [1.54, 1.807) is 13.0 Å². The Bertz CT molecular complexity index is 651. The Morgan fingerprint density at radius 1 is 1.32 bits per heavy atom. The number of hydrogen-bond acceptors (Lipinski definition) is 6. The van der Waals surface area contributed by atoms with Gasteiger partial charge in [-0.3, -0.25) is 4.90 Å². The second-order valence-corrected chi connectivity index (χ2v) is 7.21. The highest BCUT2D eigenvalue weighted by Gasteiger charge is 2.24. The van der Waals surface area contributed by atoms with Crippen LogP contribution in [0.5, 0.6) is 0 Å². The maximum atomic E-state index is 11.7. The van der Waals surface area contributed by atoms with E-state index < -0.39 is 5.97 Å². The molecule has 0 bridgehead atoms. The zero-order valence-corrected chi connectivity index (χ0v) is 17.7. The van der Waals surface area contributed by atoms with Gasteiger partial charge in [-0.15, -0.1) is 0 Å². The zero-order valence-electron chi connectivity index (χ0n) is 17.7. The molecule has 1 atom stereocenters. The summed E-state index contributed by atoms with van der Waals surface area (Å²) in [6.07, 6.45) is 0. The van der Waals surface area contributed by atoms with Gasteiger partial charge in [0, 0.05) is 32.2 Å². The van der Waals surface area contributed by atoms with Gasteiger partial charge in [0.25, 0.3) is 0 Å². The first-order chi connectivity index (χ1) is 13.5. The standard InChI is InChI=1S/C20H34N4O4/c1-6-21-20(22-12-16-11-17(15(4)28-16)19(25)26-5)23-13-18(14(2)3)24-7-9-27-10-8-24/h11,14,18H,6-10,12-13H2,1-5H3,(H2,21,22,23). The molecule has 1 aliphatic heterocycles. The second kappa shape index (κ2) is 11.1. The van der Waals surface area contributed by atoms with Crippen LogP contribution in [0.15, 0.2) is 15.5 Å². The molecule has 28 heavy (non-hydrogen) atoms. The average molecular weight is 395 g/mol. The van der Waals surface area contributed by atoms with Crippen molar-refractivity contribution in [2.45, 2.75) is 40.3 Å². The van der Waals surface area contributed by atoms with Crippen molar-refractivity contribution in [2.75, 3.05) is 46.5 Å². The lowest BCUT2D eigenvalue weighted by molar-refractivity contribution is 0.00752. The van der Waals surface area contributed by atoms with Crippen LogP contribution in [0.2, 0.25) is 0 Å². The number of aryl methyl sites for hydroxylation is 1. The van der Waals surface area contributed by atoms with Crippen LogP contribution in [-0.4, -0.2) is 69.4 Å². The van der Waals surface area contributed by atoms with Gasteiger partial charge in [0.1, 0.15) is 23.6 Å². The highest BCUT2D eigenvalue weighted by atomic mass is 16.5. The molecule has 8 nitrogen and oxygen atoms in total. The van der Waals surface area contributed by atoms with E-state index in [2.05, 4.69) is 34.4 Å². The van der Waals surface area contributed by atoms with Crippen LogP contribution >= 0.6 is 0 Å². The number of hydrogen-bond donors (Lipinski definition) is 2. The molecule has 1 unspecified atom stereocenters. The summed E-state index contributed by atoms with van der Waals surface area (Å²) in [6.45, 7) is 13.7. The molecule has 1 aromatic heterocycles. The summed E-state index contributed by atoms with van der Waals surface area (Å²) in [5, 5.41) is 6.72. The molecular formula is C20H34N4O4. The van der Waals surface area contributed by atoms with Crippen LogP contribution in [0.25, 0.3) is 0 Å². The average Bonchev–Trinajstić information content (AvgIpc) is 3.06. The fourth-order valence-corrected chi connectivity index (χ4v) is 3.33. The summed E-state index contributed by atoms with van der Waals surface area (Å²) in [5.41, 5.74) is 0.442. The van der Waals surface area contributed by atoms with Crippen molar-refractivity contribution in [2.24, 2.45) is 10.9 Å². The quantitative estimate of drug-likeness (QED) is 0.395. The number of nitrogens with zero attached hydrogens (tertiary/aromatic N) is 2. The lowest BCUT2D eigenvalue weighted by Crippen LogP contribution is -2.52. The van der Waals surface area contributed by atoms with E-state index in [0.29, 0.717) is 35.6 Å². The highest BCUT2D eigenvalue weighted by molar-refractivity contribution is 5.90. The third-order valence-corrected chi connectivity index (χ3v) is 4.87. The predicted octanol–water partition coefficient (Wildman–Crippen LogP) is 1.79.